The SMILES string of the molecule is CC1(C)c2ccccc2Oc2c1ccc1c2-c2ccc(N(c3ccc(-c4ccccc4)cc3)c3ccc(-c4ccccc4)cc3)cc2C1(C)C. The van der Waals surface area contributed by atoms with E-state index in [9.17, 15) is 0 Å². The fourth-order valence-electron chi connectivity index (χ4n) is 8.16. The average Bonchev–Trinajstić information content (AvgIpc) is 3.39. The first-order valence-corrected chi connectivity index (χ1v) is 17.5. The van der Waals surface area contributed by atoms with Crippen molar-refractivity contribution >= 4 is 17.1 Å². The second kappa shape index (κ2) is 11.4. The molecule has 242 valence electrons. The number of para-hydroxylation sites is 1. The molecule has 1 aliphatic carbocycles. The van der Waals surface area contributed by atoms with Crippen LogP contribution in [0.25, 0.3) is 33.4 Å². The lowest BCUT2D eigenvalue weighted by Gasteiger charge is -2.36. The van der Waals surface area contributed by atoms with Crippen molar-refractivity contribution in [2.75, 3.05) is 4.90 Å². The van der Waals surface area contributed by atoms with Crippen LogP contribution in [-0.4, -0.2) is 0 Å². The van der Waals surface area contributed by atoms with Crippen molar-refractivity contribution in [3.8, 4) is 44.9 Å². The van der Waals surface area contributed by atoms with Crippen molar-refractivity contribution in [3.63, 3.8) is 0 Å². The van der Waals surface area contributed by atoms with Crippen LogP contribution < -0.4 is 9.64 Å². The monoisotopic (exact) mass is 645 g/mol. The maximum absolute atomic E-state index is 6.81. The van der Waals surface area contributed by atoms with E-state index in [-0.39, 0.29) is 10.8 Å². The zero-order chi connectivity index (χ0) is 34.0. The zero-order valence-electron chi connectivity index (χ0n) is 28.9. The van der Waals surface area contributed by atoms with Crippen molar-refractivity contribution in [2.45, 2.75) is 38.5 Å². The third kappa shape index (κ3) is 4.70. The van der Waals surface area contributed by atoms with Crippen LogP contribution in [0.2, 0.25) is 0 Å². The van der Waals surface area contributed by atoms with Gasteiger partial charge < -0.3 is 9.64 Å². The topological polar surface area (TPSA) is 12.5 Å². The van der Waals surface area contributed by atoms with E-state index in [1.165, 1.54) is 55.6 Å². The van der Waals surface area contributed by atoms with Crippen LogP contribution in [0.4, 0.5) is 17.1 Å². The highest BCUT2D eigenvalue weighted by molar-refractivity contribution is 5.90. The number of rotatable bonds is 5. The van der Waals surface area contributed by atoms with E-state index in [0.29, 0.717) is 0 Å². The first kappa shape index (κ1) is 30.2. The molecule has 0 bridgehead atoms. The van der Waals surface area contributed by atoms with Crippen LogP contribution in [0.3, 0.4) is 0 Å². The Balaban J connectivity index is 1.18. The van der Waals surface area contributed by atoms with E-state index in [1.54, 1.807) is 0 Å². The Kier molecular flexibility index (Phi) is 6.86. The van der Waals surface area contributed by atoms with Crippen molar-refractivity contribution in [3.05, 3.63) is 186 Å². The van der Waals surface area contributed by atoms with Gasteiger partial charge in [-0.05, 0) is 81.4 Å². The number of hydrogen-bond acceptors (Lipinski definition) is 2. The van der Waals surface area contributed by atoms with Gasteiger partial charge in [-0.1, -0.05) is 149 Å². The molecule has 0 spiro atoms. The van der Waals surface area contributed by atoms with Crippen LogP contribution in [0.5, 0.6) is 11.5 Å². The second-order valence-corrected chi connectivity index (χ2v) is 14.6. The van der Waals surface area contributed by atoms with E-state index < -0.39 is 0 Å². The molecule has 2 heteroatoms. The van der Waals surface area contributed by atoms with Gasteiger partial charge in [-0.25, -0.2) is 0 Å². The lowest BCUT2D eigenvalue weighted by atomic mass is 9.74. The molecule has 0 N–H and O–H groups in total. The normalized spacial score (nSPS) is 14.5. The largest absolute Gasteiger partial charge is 0.456 e. The first-order valence-electron chi connectivity index (χ1n) is 17.5. The molecule has 0 atom stereocenters. The van der Waals surface area contributed by atoms with Crippen LogP contribution in [-0.2, 0) is 10.8 Å². The van der Waals surface area contributed by atoms with Crippen LogP contribution in [0.1, 0.15) is 49.9 Å². The highest BCUT2D eigenvalue weighted by atomic mass is 16.5. The van der Waals surface area contributed by atoms with Crippen molar-refractivity contribution < 1.29 is 4.74 Å². The van der Waals surface area contributed by atoms with Gasteiger partial charge in [-0.2, -0.15) is 0 Å². The Hall–Kier alpha value is -5.86. The Labute approximate surface area is 295 Å². The molecule has 7 aromatic carbocycles. The van der Waals surface area contributed by atoms with Crippen LogP contribution >= 0.6 is 0 Å². The first-order chi connectivity index (χ1) is 24.3. The molecule has 2 aliphatic rings. The fraction of sp³-hybridized carbons (Fsp3) is 0.125. The molecule has 2 nitrogen and oxygen atoms in total. The smallest absolute Gasteiger partial charge is 0.139 e. The average molecular weight is 646 g/mol. The van der Waals surface area contributed by atoms with Gasteiger partial charge in [-0.15, -0.1) is 0 Å². The van der Waals surface area contributed by atoms with Gasteiger partial charge >= 0.3 is 0 Å². The summed E-state index contributed by atoms with van der Waals surface area (Å²) in [6.45, 7) is 9.33. The maximum atomic E-state index is 6.81. The minimum Gasteiger partial charge on any atom is -0.456 e. The number of hydrogen-bond donors (Lipinski definition) is 0. The van der Waals surface area contributed by atoms with Crippen molar-refractivity contribution in [2.24, 2.45) is 0 Å². The fourth-order valence-corrected chi connectivity index (χ4v) is 8.16. The molecule has 1 aliphatic heterocycles. The minimum absolute atomic E-state index is 0.166. The van der Waals surface area contributed by atoms with Gasteiger partial charge in [0.2, 0.25) is 0 Å². The van der Waals surface area contributed by atoms with Crippen LogP contribution in [0.15, 0.2) is 164 Å². The summed E-state index contributed by atoms with van der Waals surface area (Å²) in [5.41, 5.74) is 15.4. The number of benzene rings is 7. The summed E-state index contributed by atoms with van der Waals surface area (Å²) in [4.78, 5) is 2.38. The van der Waals surface area contributed by atoms with E-state index in [2.05, 4.69) is 196 Å². The lowest BCUT2D eigenvalue weighted by molar-refractivity contribution is 0.419. The molecule has 7 aromatic rings. The Morgan fingerprint density at radius 1 is 0.400 bits per heavy atom. The molecular weight excluding hydrogens is 607 g/mol. The number of fused-ring (bicyclic) bond motifs is 6. The highest BCUT2D eigenvalue weighted by Crippen LogP contribution is 2.59. The number of nitrogens with zero attached hydrogens (tertiary/aromatic N) is 1. The standard InChI is InChI=1S/C48H39NO/c1-47(2)40-17-11-12-18-44(40)50-46-42(47)30-29-41-45(46)39-28-27-38(31-43(39)48(41,3)4)49(36-23-19-34(20-24-36)32-13-7-5-8-14-32)37-25-21-35(22-26-37)33-15-9-6-10-16-33/h5-31H,1-4H3. The summed E-state index contributed by atoms with van der Waals surface area (Å²) >= 11 is 0. The zero-order valence-corrected chi connectivity index (χ0v) is 28.9. The van der Waals surface area contributed by atoms with Crippen molar-refractivity contribution in [1.82, 2.24) is 0 Å². The lowest BCUT2D eigenvalue weighted by Crippen LogP contribution is -2.25. The summed E-state index contributed by atoms with van der Waals surface area (Å²) in [6, 6.07) is 59.2. The summed E-state index contributed by atoms with van der Waals surface area (Å²) in [5, 5.41) is 0. The van der Waals surface area contributed by atoms with Gasteiger partial charge in [0, 0.05) is 44.6 Å². The van der Waals surface area contributed by atoms with Crippen molar-refractivity contribution in [1.29, 1.82) is 0 Å². The quantitative estimate of drug-likeness (QED) is 0.185. The molecule has 0 aromatic heterocycles. The predicted octanol–water partition coefficient (Wildman–Crippen LogP) is 13.2. The Bertz CT molecular complexity index is 2290. The highest BCUT2D eigenvalue weighted by Gasteiger charge is 2.43. The van der Waals surface area contributed by atoms with Crippen LogP contribution in [0, 0.1) is 0 Å². The second-order valence-electron chi connectivity index (χ2n) is 14.6. The maximum Gasteiger partial charge on any atom is 0.139 e. The van der Waals surface area contributed by atoms with Gasteiger partial charge in [0.25, 0.3) is 0 Å². The molecule has 9 rings (SSSR count). The Morgan fingerprint density at radius 3 is 1.48 bits per heavy atom. The molecule has 0 radical (unpaired) electrons. The number of anilines is 3. The van der Waals surface area contributed by atoms with E-state index >= 15 is 0 Å². The molecule has 0 unspecified atom stereocenters. The van der Waals surface area contributed by atoms with E-state index in [0.717, 1.165) is 28.6 Å². The molecule has 0 amide bonds. The van der Waals surface area contributed by atoms with E-state index in [4.69, 9.17) is 4.74 Å². The summed E-state index contributed by atoms with van der Waals surface area (Å²) in [6.07, 6.45) is 0. The van der Waals surface area contributed by atoms with Gasteiger partial charge in [-0.3, -0.25) is 0 Å². The van der Waals surface area contributed by atoms with Gasteiger partial charge in [0.15, 0.2) is 0 Å². The third-order valence-electron chi connectivity index (χ3n) is 10.9. The number of ether oxygens (including phenoxy) is 1. The third-order valence-corrected chi connectivity index (χ3v) is 10.9. The minimum atomic E-state index is -0.208. The molecule has 1 heterocycles. The van der Waals surface area contributed by atoms with Gasteiger partial charge in [0.1, 0.15) is 11.5 Å². The summed E-state index contributed by atoms with van der Waals surface area (Å²) in [5.74, 6) is 1.95. The van der Waals surface area contributed by atoms with Gasteiger partial charge in [0.05, 0.1) is 0 Å². The summed E-state index contributed by atoms with van der Waals surface area (Å²) in [7, 11) is 0. The molecular formula is C48H39NO. The summed E-state index contributed by atoms with van der Waals surface area (Å²) < 4.78 is 6.81. The Morgan fingerprint density at radius 2 is 0.880 bits per heavy atom. The predicted molar refractivity (Wildman–Crippen MR) is 208 cm³/mol. The molecule has 0 saturated heterocycles. The molecule has 50 heavy (non-hydrogen) atoms. The van der Waals surface area contributed by atoms with E-state index in [1.807, 2.05) is 0 Å². The molecule has 0 saturated carbocycles. The molecule has 0 fully saturated rings.